The van der Waals surface area contributed by atoms with Gasteiger partial charge in [-0.05, 0) is 68.7 Å². The largest absolute Gasteiger partial charge is 0.309 e. The number of ketones is 1. The lowest BCUT2D eigenvalue weighted by Gasteiger charge is -2.11. The number of unbranched alkanes of at least 4 members (excludes halogenated alkanes) is 4. The predicted octanol–water partition coefficient (Wildman–Crippen LogP) is 6.10. The molecule has 2 heterocycles. The molecule has 148 valence electrons. The van der Waals surface area contributed by atoms with Gasteiger partial charge in [-0.3, -0.25) is 4.79 Å². The smallest absolute Gasteiger partial charge is 0.205 e. The van der Waals surface area contributed by atoms with Crippen molar-refractivity contribution in [2.24, 2.45) is 0 Å². The molecule has 3 nitrogen and oxygen atoms in total. The van der Waals surface area contributed by atoms with Gasteiger partial charge in [0, 0.05) is 5.69 Å². The molecule has 2 rings (SSSR count). The van der Waals surface area contributed by atoms with E-state index in [0.717, 1.165) is 26.9 Å². The molecule has 0 fully saturated rings. The number of rotatable bonds is 12. The predicted molar refractivity (Wildman–Crippen MR) is 118 cm³/mol. The van der Waals surface area contributed by atoms with Gasteiger partial charge in [-0.25, -0.2) is 4.98 Å². The minimum atomic E-state index is 0.0963. The summed E-state index contributed by atoms with van der Waals surface area (Å²) >= 11 is 3.23. The van der Waals surface area contributed by atoms with Crippen LogP contribution in [0, 0.1) is 0 Å². The van der Waals surface area contributed by atoms with Gasteiger partial charge in [0.2, 0.25) is 5.78 Å². The summed E-state index contributed by atoms with van der Waals surface area (Å²) in [5, 5.41) is 2.85. The van der Waals surface area contributed by atoms with Crippen LogP contribution in [0.4, 0.5) is 0 Å². The van der Waals surface area contributed by atoms with E-state index in [4.69, 9.17) is 4.98 Å². The highest BCUT2D eigenvalue weighted by molar-refractivity contribution is 7.99. The minimum Gasteiger partial charge on any atom is -0.309 e. The number of pyridine rings is 1. The van der Waals surface area contributed by atoms with Crippen LogP contribution < -0.4 is 0 Å². The molecule has 0 amide bonds. The van der Waals surface area contributed by atoms with Crippen molar-refractivity contribution in [3.63, 3.8) is 0 Å². The maximum atomic E-state index is 12.8. The molecule has 0 atom stereocenters. The Hall–Kier alpha value is -1.17. The number of nitrogens with zero attached hydrogens (tertiary/aromatic N) is 2. The minimum absolute atomic E-state index is 0.0963. The summed E-state index contributed by atoms with van der Waals surface area (Å²) < 4.78 is 0. The molecule has 5 heteroatoms. The molecule has 27 heavy (non-hydrogen) atoms. The molecule has 0 bridgehead atoms. The molecule has 0 aromatic carbocycles. The number of thioether (sulfide) groups is 1. The molecule has 0 aliphatic rings. The monoisotopic (exact) mass is 404 g/mol. The van der Waals surface area contributed by atoms with E-state index in [1.54, 1.807) is 11.8 Å². The number of aromatic nitrogens is 1. The van der Waals surface area contributed by atoms with Crippen molar-refractivity contribution in [3.05, 3.63) is 45.8 Å². The number of thiophene rings is 1. The van der Waals surface area contributed by atoms with E-state index < -0.39 is 0 Å². The second-order valence-electron chi connectivity index (χ2n) is 7.47. The zero-order chi connectivity index (χ0) is 19.6. The van der Waals surface area contributed by atoms with E-state index in [-0.39, 0.29) is 5.78 Å². The highest BCUT2D eigenvalue weighted by Gasteiger charge is 2.17. The molecule has 2 aromatic heterocycles. The molecule has 0 saturated heterocycles. The van der Waals surface area contributed by atoms with Gasteiger partial charge >= 0.3 is 0 Å². The fourth-order valence-corrected chi connectivity index (χ4v) is 4.53. The van der Waals surface area contributed by atoms with Crippen molar-refractivity contribution in [3.8, 4) is 0 Å². The summed E-state index contributed by atoms with van der Waals surface area (Å²) in [6, 6.07) is 7.79. The van der Waals surface area contributed by atoms with Crippen molar-refractivity contribution < 1.29 is 4.79 Å². The van der Waals surface area contributed by atoms with Gasteiger partial charge in [0.05, 0.1) is 10.4 Å². The number of carbonyl (C=O) groups is 1. The number of carbonyl (C=O) groups excluding carboxylic acids is 1. The summed E-state index contributed by atoms with van der Waals surface area (Å²) in [5.74, 6) is 1.48. The average molecular weight is 405 g/mol. The molecular weight excluding hydrogens is 372 g/mol. The van der Waals surface area contributed by atoms with Crippen LogP contribution >= 0.6 is 23.1 Å². The van der Waals surface area contributed by atoms with Gasteiger partial charge in [0.15, 0.2) is 0 Å². The fourth-order valence-electron chi connectivity index (χ4n) is 2.83. The Labute approximate surface area is 172 Å². The van der Waals surface area contributed by atoms with E-state index >= 15 is 0 Å². The van der Waals surface area contributed by atoms with Crippen LogP contribution in [-0.2, 0) is 0 Å². The normalized spacial score (nSPS) is 11.5. The molecule has 2 aromatic rings. The van der Waals surface area contributed by atoms with E-state index in [0.29, 0.717) is 5.92 Å². The summed E-state index contributed by atoms with van der Waals surface area (Å²) in [6.07, 6.45) is 6.28. The van der Waals surface area contributed by atoms with Crippen molar-refractivity contribution in [1.29, 1.82) is 0 Å². The third-order valence-electron chi connectivity index (χ3n) is 4.45. The Balaban J connectivity index is 1.91. The maximum Gasteiger partial charge on any atom is 0.205 e. The topological polar surface area (TPSA) is 33.2 Å². The maximum absolute atomic E-state index is 12.8. The van der Waals surface area contributed by atoms with Gasteiger partial charge in [-0.1, -0.05) is 39.2 Å². The van der Waals surface area contributed by atoms with Crippen molar-refractivity contribution in [2.75, 3.05) is 26.4 Å². The lowest BCUT2D eigenvalue weighted by atomic mass is 10.1. The van der Waals surface area contributed by atoms with Crippen LogP contribution in [0.3, 0.4) is 0 Å². The van der Waals surface area contributed by atoms with Crippen LogP contribution in [0.5, 0.6) is 0 Å². The standard InChI is InChI=1S/C22H32N2OS2/c1-17(2)19-13-12-18(21(25)20-11-10-16-26-20)22(23-19)27-15-9-7-5-6-8-14-24(3)4/h10-13,16-17H,5-9,14-15H2,1-4H3. The quantitative estimate of drug-likeness (QED) is 0.243. The zero-order valence-corrected chi connectivity index (χ0v) is 18.7. The molecule has 0 aliphatic carbocycles. The van der Waals surface area contributed by atoms with Crippen molar-refractivity contribution in [1.82, 2.24) is 9.88 Å². The van der Waals surface area contributed by atoms with Gasteiger partial charge in [0.1, 0.15) is 5.03 Å². The molecule has 0 unspecified atom stereocenters. The van der Waals surface area contributed by atoms with Crippen molar-refractivity contribution in [2.45, 2.75) is 56.9 Å². The van der Waals surface area contributed by atoms with E-state index in [2.05, 4.69) is 32.8 Å². The lowest BCUT2D eigenvalue weighted by molar-refractivity contribution is 0.103. The Bertz CT molecular complexity index is 696. The summed E-state index contributed by atoms with van der Waals surface area (Å²) in [4.78, 5) is 20.7. The first-order valence-electron chi connectivity index (χ1n) is 9.85. The third-order valence-corrected chi connectivity index (χ3v) is 6.40. The van der Waals surface area contributed by atoms with Crippen LogP contribution in [0.2, 0.25) is 0 Å². The van der Waals surface area contributed by atoms with Gasteiger partial charge < -0.3 is 4.90 Å². The molecule has 0 saturated carbocycles. The Morgan fingerprint density at radius 2 is 1.85 bits per heavy atom. The molecule has 0 radical (unpaired) electrons. The molecule has 0 N–H and O–H groups in total. The number of hydrogen-bond acceptors (Lipinski definition) is 5. The SMILES string of the molecule is CC(C)c1ccc(C(=O)c2cccs2)c(SCCCCCCCN(C)C)n1. The lowest BCUT2D eigenvalue weighted by Crippen LogP contribution is -2.12. The van der Waals surface area contributed by atoms with E-state index in [9.17, 15) is 4.79 Å². The number of hydrogen-bond donors (Lipinski definition) is 0. The molecular formula is C22H32N2OS2. The van der Waals surface area contributed by atoms with Gasteiger partial charge in [0.25, 0.3) is 0 Å². The Morgan fingerprint density at radius 3 is 2.52 bits per heavy atom. The van der Waals surface area contributed by atoms with E-state index in [1.807, 2.05) is 29.6 Å². The van der Waals surface area contributed by atoms with Crippen molar-refractivity contribution >= 4 is 28.9 Å². The zero-order valence-electron chi connectivity index (χ0n) is 17.0. The average Bonchev–Trinajstić information content (AvgIpc) is 3.17. The summed E-state index contributed by atoms with van der Waals surface area (Å²) in [5.41, 5.74) is 1.81. The Kier molecular flexibility index (Phi) is 9.52. The highest BCUT2D eigenvalue weighted by atomic mass is 32.2. The summed E-state index contributed by atoms with van der Waals surface area (Å²) in [7, 11) is 4.26. The third kappa shape index (κ3) is 7.40. The van der Waals surface area contributed by atoms with Gasteiger partial charge in [-0.2, -0.15) is 0 Å². The van der Waals surface area contributed by atoms with Crippen LogP contribution in [0.1, 0.15) is 72.8 Å². The van der Waals surface area contributed by atoms with Crippen LogP contribution in [0.15, 0.2) is 34.7 Å². The van der Waals surface area contributed by atoms with Crippen LogP contribution in [-0.4, -0.2) is 42.1 Å². The first kappa shape index (κ1) is 22.1. The second-order valence-corrected chi connectivity index (χ2v) is 9.50. The summed E-state index contributed by atoms with van der Waals surface area (Å²) in [6.45, 7) is 5.46. The van der Waals surface area contributed by atoms with Gasteiger partial charge in [-0.15, -0.1) is 23.1 Å². The van der Waals surface area contributed by atoms with E-state index in [1.165, 1.54) is 50.0 Å². The fraction of sp³-hybridized carbons (Fsp3) is 0.545. The highest BCUT2D eigenvalue weighted by Crippen LogP contribution is 2.28. The molecule has 0 spiro atoms. The first-order valence-corrected chi connectivity index (χ1v) is 11.7. The molecule has 0 aliphatic heterocycles. The Morgan fingerprint density at radius 1 is 1.11 bits per heavy atom. The van der Waals surface area contributed by atoms with Crippen LogP contribution in [0.25, 0.3) is 0 Å². The second kappa shape index (κ2) is 11.6. The first-order chi connectivity index (χ1) is 13.0.